The number of aromatic hydroxyl groups is 1. The first-order valence-corrected chi connectivity index (χ1v) is 9.09. The van der Waals surface area contributed by atoms with E-state index in [1.807, 2.05) is 18.2 Å². The number of phenolic OH excluding ortho intramolecular Hbond substituents is 1. The molecule has 0 bridgehead atoms. The Bertz CT molecular complexity index is 777. The number of phenols is 1. The molecule has 2 atom stereocenters. The first-order chi connectivity index (χ1) is 13.4. The van der Waals surface area contributed by atoms with Crippen molar-refractivity contribution in [3.8, 4) is 5.75 Å². The van der Waals surface area contributed by atoms with Crippen LogP contribution in [-0.4, -0.2) is 57.3 Å². The molecule has 0 unspecified atom stereocenters. The lowest BCUT2D eigenvalue weighted by Gasteiger charge is -2.36. The second kappa shape index (κ2) is 10.4. The van der Waals surface area contributed by atoms with Crippen molar-refractivity contribution in [1.82, 2.24) is 10.2 Å². The van der Waals surface area contributed by atoms with Gasteiger partial charge < -0.3 is 20.6 Å². The predicted molar refractivity (Wildman–Crippen MR) is 105 cm³/mol. The monoisotopic (exact) mass is 386 g/mol. The summed E-state index contributed by atoms with van der Waals surface area (Å²) in [6.07, 6.45) is 0.0464. The molecule has 1 heterocycles. The quantitative estimate of drug-likeness (QED) is 0.638. The van der Waals surface area contributed by atoms with Crippen molar-refractivity contribution in [1.29, 1.82) is 0 Å². The van der Waals surface area contributed by atoms with Crippen LogP contribution in [0.2, 0.25) is 0 Å². The molecular formula is C21H26N2O5. The van der Waals surface area contributed by atoms with Crippen LogP contribution in [0.25, 0.3) is 0 Å². The molecule has 1 fully saturated rings. The van der Waals surface area contributed by atoms with Gasteiger partial charge in [-0.15, -0.1) is 0 Å². The minimum Gasteiger partial charge on any atom is -0.507 e. The van der Waals surface area contributed by atoms with Crippen LogP contribution in [0.15, 0.2) is 54.6 Å². The van der Waals surface area contributed by atoms with E-state index in [9.17, 15) is 15.0 Å². The Balaban J connectivity index is 0.000000640. The lowest BCUT2D eigenvalue weighted by atomic mass is 10.0. The molecule has 150 valence electrons. The van der Waals surface area contributed by atoms with Gasteiger partial charge in [-0.1, -0.05) is 42.5 Å². The second-order valence-electron chi connectivity index (χ2n) is 6.69. The van der Waals surface area contributed by atoms with E-state index in [2.05, 4.69) is 22.3 Å². The third-order valence-corrected chi connectivity index (χ3v) is 4.38. The van der Waals surface area contributed by atoms with Crippen molar-refractivity contribution in [2.24, 2.45) is 0 Å². The number of piperidine rings is 1. The average molecular weight is 386 g/mol. The van der Waals surface area contributed by atoms with Crippen LogP contribution in [0.1, 0.15) is 29.3 Å². The van der Waals surface area contributed by atoms with E-state index in [1.54, 1.807) is 18.2 Å². The number of benzene rings is 2. The number of aliphatic hydroxyl groups is 1. The number of nitrogens with zero attached hydrogens (tertiary/aromatic N) is 1. The molecule has 1 saturated heterocycles. The summed E-state index contributed by atoms with van der Waals surface area (Å²) in [6.45, 7) is 3.19. The number of aliphatic carboxylic acids is 1. The van der Waals surface area contributed by atoms with Crippen LogP contribution in [0, 0.1) is 0 Å². The molecule has 4 N–H and O–H groups in total. The highest BCUT2D eigenvalue weighted by Crippen LogP contribution is 2.18. The van der Waals surface area contributed by atoms with Gasteiger partial charge in [-0.25, -0.2) is 0 Å². The maximum Gasteiger partial charge on any atom is 0.300 e. The number of likely N-dealkylation sites (tertiary alicyclic amines) is 1. The standard InChI is InChI=1S/C19H22N2O3.C2H4O2/c22-17-9-5-4-8-15(17)19(24)20-16-10-11-21(13-18(16)23)12-14-6-2-1-3-7-14;1-2(3)4/h1-9,16,18,22-23H,10-13H2,(H,20,24);1H3,(H,3,4)/t16-,18+;/m0./s1. The number of β-amino-alcohol motifs (C(OH)–C–C–N with tert-alkyl or cyclic N) is 1. The van der Waals surface area contributed by atoms with Gasteiger partial charge in [0.1, 0.15) is 5.75 Å². The van der Waals surface area contributed by atoms with Gasteiger partial charge in [-0.2, -0.15) is 0 Å². The number of carbonyl (C=O) groups excluding carboxylic acids is 1. The minimum atomic E-state index is -0.833. The highest BCUT2D eigenvalue weighted by atomic mass is 16.4. The number of nitrogens with one attached hydrogen (secondary N) is 1. The molecule has 0 aliphatic carbocycles. The van der Waals surface area contributed by atoms with E-state index in [1.165, 1.54) is 11.6 Å². The Morgan fingerprint density at radius 2 is 1.71 bits per heavy atom. The van der Waals surface area contributed by atoms with Crippen LogP contribution in [0.5, 0.6) is 5.75 Å². The fourth-order valence-electron chi connectivity index (χ4n) is 3.06. The highest BCUT2D eigenvalue weighted by molar-refractivity contribution is 5.96. The molecule has 3 rings (SSSR count). The van der Waals surface area contributed by atoms with E-state index in [-0.39, 0.29) is 23.3 Å². The van der Waals surface area contributed by atoms with E-state index >= 15 is 0 Å². The maximum absolute atomic E-state index is 12.3. The third kappa shape index (κ3) is 6.68. The fraction of sp³-hybridized carbons (Fsp3) is 0.333. The van der Waals surface area contributed by atoms with Crippen LogP contribution < -0.4 is 5.32 Å². The van der Waals surface area contributed by atoms with Gasteiger partial charge in [0.05, 0.1) is 17.7 Å². The van der Waals surface area contributed by atoms with E-state index < -0.39 is 12.1 Å². The molecule has 0 aromatic heterocycles. The number of amides is 1. The number of carboxylic acid groups (broad SMARTS) is 1. The number of hydrogen-bond acceptors (Lipinski definition) is 5. The summed E-state index contributed by atoms with van der Waals surface area (Å²) in [4.78, 5) is 23.4. The summed E-state index contributed by atoms with van der Waals surface area (Å²) in [5.74, 6) is -1.24. The Morgan fingerprint density at radius 1 is 1.11 bits per heavy atom. The van der Waals surface area contributed by atoms with E-state index in [0.717, 1.165) is 20.0 Å². The minimum absolute atomic E-state index is 0.0500. The Kier molecular flexibility index (Phi) is 7.98. The van der Waals surface area contributed by atoms with E-state index in [4.69, 9.17) is 9.90 Å². The zero-order valence-electron chi connectivity index (χ0n) is 15.8. The number of carboxylic acids is 1. The van der Waals surface area contributed by atoms with Crippen molar-refractivity contribution in [3.05, 3.63) is 65.7 Å². The Hall–Kier alpha value is -2.90. The molecular weight excluding hydrogens is 360 g/mol. The van der Waals surface area contributed by atoms with Gasteiger partial charge >= 0.3 is 0 Å². The Morgan fingerprint density at radius 3 is 2.32 bits per heavy atom. The molecule has 1 aliphatic heterocycles. The van der Waals surface area contributed by atoms with Crippen molar-refractivity contribution in [3.63, 3.8) is 0 Å². The molecule has 2 aromatic rings. The summed E-state index contributed by atoms with van der Waals surface area (Å²) in [5.41, 5.74) is 1.44. The van der Waals surface area contributed by atoms with Crippen LogP contribution in [0.3, 0.4) is 0 Å². The van der Waals surface area contributed by atoms with Gasteiger partial charge in [0, 0.05) is 26.6 Å². The van der Waals surface area contributed by atoms with Crippen molar-refractivity contribution in [2.75, 3.05) is 13.1 Å². The summed E-state index contributed by atoms with van der Waals surface area (Å²) in [6, 6.07) is 16.3. The third-order valence-electron chi connectivity index (χ3n) is 4.38. The number of rotatable bonds is 4. The van der Waals surface area contributed by atoms with Gasteiger partial charge in [-0.3, -0.25) is 14.5 Å². The molecule has 1 amide bonds. The predicted octanol–water partition coefficient (Wildman–Crippen LogP) is 1.85. The SMILES string of the molecule is CC(=O)O.O=C(N[C@H]1CCN(Cc2ccccc2)C[C@H]1O)c1ccccc1O. The fourth-order valence-corrected chi connectivity index (χ4v) is 3.06. The molecule has 7 heteroatoms. The lowest BCUT2D eigenvalue weighted by molar-refractivity contribution is -0.134. The van der Waals surface area contributed by atoms with Crippen LogP contribution in [-0.2, 0) is 11.3 Å². The number of carbonyl (C=O) groups is 2. The smallest absolute Gasteiger partial charge is 0.300 e. The topological polar surface area (TPSA) is 110 Å². The van der Waals surface area contributed by atoms with Crippen molar-refractivity contribution < 1.29 is 24.9 Å². The molecule has 2 aromatic carbocycles. The Labute approximate surface area is 164 Å². The molecule has 1 aliphatic rings. The average Bonchev–Trinajstić information content (AvgIpc) is 2.64. The summed E-state index contributed by atoms with van der Waals surface area (Å²) >= 11 is 0. The largest absolute Gasteiger partial charge is 0.507 e. The summed E-state index contributed by atoms with van der Waals surface area (Å²) in [5, 5.41) is 30.4. The van der Waals surface area contributed by atoms with Gasteiger partial charge in [-0.05, 0) is 24.1 Å². The lowest BCUT2D eigenvalue weighted by Crippen LogP contribution is -2.53. The molecule has 0 radical (unpaired) electrons. The van der Waals surface area contributed by atoms with Gasteiger partial charge in [0.15, 0.2) is 0 Å². The zero-order chi connectivity index (χ0) is 20.5. The summed E-state index contributed by atoms with van der Waals surface area (Å²) in [7, 11) is 0. The van der Waals surface area contributed by atoms with Gasteiger partial charge in [0.25, 0.3) is 11.9 Å². The number of hydrogen-bond donors (Lipinski definition) is 4. The van der Waals surface area contributed by atoms with Crippen LogP contribution in [0.4, 0.5) is 0 Å². The van der Waals surface area contributed by atoms with E-state index in [0.29, 0.717) is 13.0 Å². The van der Waals surface area contributed by atoms with Crippen molar-refractivity contribution in [2.45, 2.75) is 32.0 Å². The summed E-state index contributed by atoms with van der Waals surface area (Å²) < 4.78 is 0. The van der Waals surface area contributed by atoms with Crippen LogP contribution >= 0.6 is 0 Å². The second-order valence-corrected chi connectivity index (χ2v) is 6.69. The first-order valence-electron chi connectivity index (χ1n) is 9.09. The maximum atomic E-state index is 12.3. The molecule has 0 spiro atoms. The zero-order valence-corrected chi connectivity index (χ0v) is 15.8. The number of aliphatic hydroxyl groups excluding tert-OH is 1. The highest BCUT2D eigenvalue weighted by Gasteiger charge is 2.29. The normalized spacial score (nSPS) is 19.2. The molecule has 0 saturated carbocycles. The molecule has 7 nitrogen and oxygen atoms in total. The first kappa shape index (κ1) is 21.4. The van der Waals surface area contributed by atoms with Gasteiger partial charge in [0.2, 0.25) is 0 Å². The van der Waals surface area contributed by atoms with Crippen molar-refractivity contribution >= 4 is 11.9 Å². The molecule has 28 heavy (non-hydrogen) atoms. The number of para-hydroxylation sites is 1.